The van der Waals surface area contributed by atoms with Gasteiger partial charge in [-0.05, 0) is 6.42 Å². The Morgan fingerprint density at radius 1 is 1.45 bits per heavy atom. The van der Waals surface area contributed by atoms with Crippen LogP contribution in [0.25, 0.3) is 0 Å². The summed E-state index contributed by atoms with van der Waals surface area (Å²) in [5.74, 6) is 0.818. The number of carbonyl (C=O) groups excluding carboxylic acids is 2. The highest BCUT2D eigenvalue weighted by molar-refractivity contribution is 5.93. The van der Waals surface area contributed by atoms with Crippen LogP contribution in [0, 0.1) is 0 Å². The summed E-state index contributed by atoms with van der Waals surface area (Å²) in [6.45, 7) is 0.0708. The third-order valence-corrected chi connectivity index (χ3v) is 3.14. The molecule has 1 aliphatic rings. The lowest BCUT2D eigenvalue weighted by Crippen LogP contribution is -2.21. The van der Waals surface area contributed by atoms with Crippen molar-refractivity contribution in [1.29, 1.82) is 0 Å². The van der Waals surface area contributed by atoms with Crippen molar-refractivity contribution >= 4 is 17.6 Å². The minimum absolute atomic E-state index is 0.0708. The van der Waals surface area contributed by atoms with Gasteiger partial charge in [0.25, 0.3) is 5.91 Å². The molecule has 2 amide bonds. The van der Waals surface area contributed by atoms with E-state index in [0.29, 0.717) is 30.3 Å². The molecule has 2 aromatic rings. The Morgan fingerprint density at radius 2 is 2.32 bits per heavy atom. The third-order valence-electron chi connectivity index (χ3n) is 3.14. The van der Waals surface area contributed by atoms with Gasteiger partial charge >= 0.3 is 0 Å². The molecule has 114 valence electrons. The quantitative estimate of drug-likeness (QED) is 0.832. The molecule has 3 rings (SSSR count). The van der Waals surface area contributed by atoms with Crippen molar-refractivity contribution in [3.05, 3.63) is 29.4 Å². The number of nitrogens with zero attached hydrogens (tertiary/aromatic N) is 3. The summed E-state index contributed by atoms with van der Waals surface area (Å²) in [4.78, 5) is 30.8. The van der Waals surface area contributed by atoms with Gasteiger partial charge in [0.05, 0.1) is 5.56 Å². The standard InChI is InChI=1S/C13H13N5O4/c1-14-12(20)9-4-7(22-18-9)5-21-13-8-2-3-10(19)17-11(8)15-6-16-13/h4,6H,2-3,5H2,1H3,(H,14,20)(H,15,16,17,19). The molecule has 2 N–H and O–H groups in total. The first kappa shape index (κ1) is 14.0. The number of rotatable bonds is 4. The largest absolute Gasteiger partial charge is 0.469 e. The summed E-state index contributed by atoms with van der Waals surface area (Å²) in [6.07, 6.45) is 2.19. The molecular formula is C13H13N5O4. The van der Waals surface area contributed by atoms with E-state index in [1.54, 1.807) is 0 Å². The number of amides is 2. The van der Waals surface area contributed by atoms with Crippen LogP contribution in [-0.2, 0) is 17.8 Å². The van der Waals surface area contributed by atoms with Crippen molar-refractivity contribution in [2.75, 3.05) is 12.4 Å². The normalized spacial score (nSPS) is 13.2. The predicted octanol–water partition coefficient (Wildman–Crippen LogP) is 0.288. The van der Waals surface area contributed by atoms with Crippen molar-refractivity contribution in [2.45, 2.75) is 19.4 Å². The lowest BCUT2D eigenvalue weighted by Gasteiger charge is -2.17. The van der Waals surface area contributed by atoms with Gasteiger partial charge in [-0.15, -0.1) is 0 Å². The predicted molar refractivity (Wildman–Crippen MR) is 73.2 cm³/mol. The lowest BCUT2D eigenvalue weighted by atomic mass is 10.1. The third kappa shape index (κ3) is 2.73. The van der Waals surface area contributed by atoms with Gasteiger partial charge in [0.1, 0.15) is 12.1 Å². The molecule has 1 aliphatic heterocycles. The molecule has 0 aromatic carbocycles. The Morgan fingerprint density at radius 3 is 3.14 bits per heavy atom. The molecule has 0 radical (unpaired) electrons. The van der Waals surface area contributed by atoms with Crippen molar-refractivity contribution in [2.24, 2.45) is 0 Å². The second-order valence-corrected chi connectivity index (χ2v) is 4.60. The summed E-state index contributed by atoms with van der Waals surface area (Å²) in [6, 6.07) is 1.49. The highest BCUT2D eigenvalue weighted by Crippen LogP contribution is 2.27. The van der Waals surface area contributed by atoms with Gasteiger partial charge in [0.2, 0.25) is 11.8 Å². The fourth-order valence-electron chi connectivity index (χ4n) is 2.04. The Kier molecular flexibility index (Phi) is 3.69. The van der Waals surface area contributed by atoms with Crippen LogP contribution < -0.4 is 15.4 Å². The van der Waals surface area contributed by atoms with Crippen molar-refractivity contribution in [3.8, 4) is 5.88 Å². The summed E-state index contributed by atoms with van der Waals surface area (Å²) in [5, 5.41) is 8.76. The number of ether oxygens (including phenoxy) is 1. The van der Waals surface area contributed by atoms with Crippen molar-refractivity contribution in [1.82, 2.24) is 20.4 Å². The zero-order chi connectivity index (χ0) is 15.5. The Balaban J connectivity index is 1.72. The Bertz CT molecular complexity index is 727. The highest BCUT2D eigenvalue weighted by Gasteiger charge is 2.21. The van der Waals surface area contributed by atoms with Gasteiger partial charge in [0.15, 0.2) is 18.1 Å². The maximum atomic E-state index is 11.4. The van der Waals surface area contributed by atoms with E-state index in [4.69, 9.17) is 9.26 Å². The van der Waals surface area contributed by atoms with Crippen LogP contribution in [0.5, 0.6) is 5.88 Å². The van der Waals surface area contributed by atoms with Crippen LogP contribution in [0.4, 0.5) is 5.82 Å². The number of hydrogen-bond acceptors (Lipinski definition) is 7. The Labute approximate surface area is 125 Å². The minimum Gasteiger partial charge on any atom is -0.469 e. The summed E-state index contributed by atoms with van der Waals surface area (Å²) >= 11 is 0. The number of aromatic nitrogens is 3. The van der Waals surface area contributed by atoms with Crippen LogP contribution in [0.1, 0.15) is 28.2 Å². The van der Waals surface area contributed by atoms with Crippen LogP contribution >= 0.6 is 0 Å². The first-order valence-corrected chi connectivity index (χ1v) is 6.61. The molecule has 0 aliphatic carbocycles. The first-order chi connectivity index (χ1) is 10.7. The lowest BCUT2D eigenvalue weighted by molar-refractivity contribution is -0.116. The van der Waals surface area contributed by atoms with E-state index < -0.39 is 0 Å². The first-order valence-electron chi connectivity index (χ1n) is 6.61. The molecule has 0 atom stereocenters. The van der Waals surface area contributed by atoms with E-state index in [2.05, 4.69) is 25.8 Å². The van der Waals surface area contributed by atoms with Crippen molar-refractivity contribution in [3.63, 3.8) is 0 Å². The van der Waals surface area contributed by atoms with Gasteiger partial charge in [0, 0.05) is 19.5 Å². The van der Waals surface area contributed by atoms with Gasteiger partial charge in [-0.25, -0.2) is 9.97 Å². The molecule has 0 unspecified atom stereocenters. The van der Waals surface area contributed by atoms with Gasteiger partial charge in [-0.1, -0.05) is 5.16 Å². The van der Waals surface area contributed by atoms with E-state index in [1.807, 2.05) is 0 Å². The fraction of sp³-hybridized carbons (Fsp3) is 0.308. The van der Waals surface area contributed by atoms with E-state index >= 15 is 0 Å². The molecule has 9 heteroatoms. The SMILES string of the molecule is CNC(=O)c1cc(COc2ncnc3c2CCC(=O)N3)on1. The van der Waals surface area contributed by atoms with Crippen molar-refractivity contribution < 1.29 is 18.8 Å². The fourth-order valence-corrected chi connectivity index (χ4v) is 2.04. The number of nitrogens with one attached hydrogen (secondary N) is 2. The molecule has 0 bridgehead atoms. The smallest absolute Gasteiger partial charge is 0.273 e. The average Bonchev–Trinajstić information content (AvgIpc) is 3.00. The monoisotopic (exact) mass is 303 g/mol. The summed E-state index contributed by atoms with van der Waals surface area (Å²) in [7, 11) is 1.51. The average molecular weight is 303 g/mol. The molecule has 9 nitrogen and oxygen atoms in total. The minimum atomic E-state index is -0.336. The van der Waals surface area contributed by atoms with Gasteiger partial charge in [-0.2, -0.15) is 0 Å². The van der Waals surface area contributed by atoms with Gasteiger partial charge < -0.3 is 19.9 Å². The molecule has 0 saturated carbocycles. The maximum Gasteiger partial charge on any atom is 0.273 e. The second kappa shape index (κ2) is 5.80. The maximum absolute atomic E-state index is 11.4. The van der Waals surface area contributed by atoms with E-state index in [9.17, 15) is 9.59 Å². The second-order valence-electron chi connectivity index (χ2n) is 4.60. The van der Waals surface area contributed by atoms with Crippen LogP contribution in [0.3, 0.4) is 0 Å². The number of carbonyl (C=O) groups is 2. The zero-order valence-electron chi connectivity index (χ0n) is 11.8. The van der Waals surface area contributed by atoms with Crippen LogP contribution in [0.15, 0.2) is 16.9 Å². The molecule has 0 saturated heterocycles. The Hall–Kier alpha value is -2.97. The highest BCUT2D eigenvalue weighted by atomic mass is 16.5. The molecular weight excluding hydrogens is 290 g/mol. The molecule has 3 heterocycles. The van der Waals surface area contributed by atoms with Crippen LogP contribution in [0.2, 0.25) is 0 Å². The zero-order valence-corrected chi connectivity index (χ0v) is 11.8. The topological polar surface area (TPSA) is 119 Å². The van der Waals surface area contributed by atoms with Crippen LogP contribution in [-0.4, -0.2) is 34.0 Å². The summed E-state index contributed by atoms with van der Waals surface area (Å²) in [5.41, 5.74) is 0.922. The molecule has 22 heavy (non-hydrogen) atoms. The molecule has 0 fully saturated rings. The van der Waals surface area contributed by atoms with E-state index in [0.717, 1.165) is 5.56 Å². The van der Waals surface area contributed by atoms with E-state index in [1.165, 1.54) is 19.4 Å². The molecule has 0 spiro atoms. The summed E-state index contributed by atoms with van der Waals surface area (Å²) < 4.78 is 10.6. The number of anilines is 1. The van der Waals surface area contributed by atoms with E-state index in [-0.39, 0.29) is 24.1 Å². The molecule has 2 aromatic heterocycles. The number of hydrogen-bond donors (Lipinski definition) is 2. The number of fused-ring (bicyclic) bond motifs is 1. The van der Waals surface area contributed by atoms with Gasteiger partial charge in [-0.3, -0.25) is 9.59 Å².